The second kappa shape index (κ2) is 8.20. The first-order valence-electron chi connectivity index (χ1n) is 8.44. The van der Waals surface area contributed by atoms with Crippen LogP contribution in [-0.2, 0) is 6.54 Å². The van der Waals surface area contributed by atoms with Gasteiger partial charge >= 0.3 is 6.03 Å². The Morgan fingerprint density at radius 1 is 1.52 bits per heavy atom. The highest BCUT2D eigenvalue weighted by Crippen LogP contribution is 2.22. The topological polar surface area (TPSA) is 61.8 Å². The lowest BCUT2D eigenvalue weighted by atomic mass is 9.94. The third-order valence-corrected chi connectivity index (χ3v) is 4.38. The Morgan fingerprint density at radius 3 is 3.00 bits per heavy atom. The molecule has 0 saturated carbocycles. The van der Waals surface area contributed by atoms with Crippen molar-refractivity contribution in [3.63, 3.8) is 0 Å². The maximum absolute atomic E-state index is 12.4. The number of carbonyl (C=O) groups excluding carboxylic acids is 1. The summed E-state index contributed by atoms with van der Waals surface area (Å²) in [6.45, 7) is 8.20. The minimum Gasteiger partial charge on any atom is -0.494 e. The summed E-state index contributed by atoms with van der Waals surface area (Å²) in [5, 5.41) is 12.7. The van der Waals surface area contributed by atoms with Gasteiger partial charge in [-0.05, 0) is 45.2 Å². The van der Waals surface area contributed by atoms with Crippen molar-refractivity contribution in [2.24, 2.45) is 5.92 Å². The first kappa shape index (κ1) is 17.6. The Bertz CT molecular complexity index is 531. The zero-order chi connectivity index (χ0) is 16.8. The van der Waals surface area contributed by atoms with Crippen LogP contribution in [0.4, 0.5) is 4.79 Å². The normalized spacial score (nSPS) is 19.3. The van der Waals surface area contributed by atoms with Crippen molar-refractivity contribution in [2.45, 2.75) is 46.3 Å². The fourth-order valence-electron chi connectivity index (χ4n) is 2.97. The molecule has 1 heterocycles. The van der Waals surface area contributed by atoms with E-state index >= 15 is 0 Å². The predicted molar refractivity (Wildman–Crippen MR) is 90.6 cm³/mol. The summed E-state index contributed by atoms with van der Waals surface area (Å²) in [6.07, 6.45) is 1.55. The summed E-state index contributed by atoms with van der Waals surface area (Å²) in [5.74, 6) is 1.00. The molecule has 128 valence electrons. The van der Waals surface area contributed by atoms with Gasteiger partial charge in [0, 0.05) is 31.1 Å². The first-order valence-corrected chi connectivity index (χ1v) is 8.44. The summed E-state index contributed by atoms with van der Waals surface area (Å²) in [6, 6.07) is 5.94. The number of aliphatic hydroxyl groups is 1. The van der Waals surface area contributed by atoms with Gasteiger partial charge < -0.3 is 20.1 Å². The number of amides is 2. The van der Waals surface area contributed by atoms with Gasteiger partial charge in [0.2, 0.25) is 0 Å². The van der Waals surface area contributed by atoms with E-state index in [0.717, 1.165) is 36.3 Å². The van der Waals surface area contributed by atoms with Crippen molar-refractivity contribution in [1.82, 2.24) is 10.2 Å². The van der Waals surface area contributed by atoms with Crippen LogP contribution in [0.2, 0.25) is 0 Å². The monoisotopic (exact) mass is 320 g/mol. The predicted octanol–water partition coefficient (Wildman–Crippen LogP) is 2.70. The van der Waals surface area contributed by atoms with Crippen LogP contribution in [0.3, 0.4) is 0 Å². The highest BCUT2D eigenvalue weighted by atomic mass is 16.5. The number of benzene rings is 1. The molecular weight excluding hydrogens is 292 g/mol. The van der Waals surface area contributed by atoms with Crippen molar-refractivity contribution in [3.8, 4) is 5.75 Å². The number of piperidine rings is 1. The third-order valence-electron chi connectivity index (χ3n) is 4.38. The van der Waals surface area contributed by atoms with E-state index in [-0.39, 0.29) is 18.1 Å². The molecule has 2 atom stereocenters. The van der Waals surface area contributed by atoms with Crippen LogP contribution in [-0.4, -0.2) is 41.8 Å². The van der Waals surface area contributed by atoms with E-state index in [2.05, 4.69) is 5.32 Å². The molecule has 0 spiro atoms. The number of hydrogen-bond acceptors (Lipinski definition) is 3. The fourth-order valence-corrected chi connectivity index (χ4v) is 2.97. The van der Waals surface area contributed by atoms with Crippen LogP contribution in [0, 0.1) is 12.8 Å². The number of carbonyl (C=O) groups is 1. The highest BCUT2D eigenvalue weighted by molar-refractivity contribution is 5.74. The van der Waals surface area contributed by atoms with Gasteiger partial charge in [-0.2, -0.15) is 0 Å². The minimum absolute atomic E-state index is 0.0710. The average molecular weight is 320 g/mol. The molecule has 1 aliphatic heterocycles. The van der Waals surface area contributed by atoms with Crippen LogP contribution < -0.4 is 10.1 Å². The smallest absolute Gasteiger partial charge is 0.317 e. The van der Waals surface area contributed by atoms with Crippen LogP contribution >= 0.6 is 0 Å². The quantitative estimate of drug-likeness (QED) is 0.877. The van der Waals surface area contributed by atoms with Crippen LogP contribution in [0.15, 0.2) is 18.2 Å². The molecule has 5 nitrogen and oxygen atoms in total. The molecule has 1 aromatic rings. The Labute approximate surface area is 138 Å². The Morgan fingerprint density at radius 2 is 2.30 bits per heavy atom. The molecule has 2 N–H and O–H groups in total. The average Bonchev–Trinajstić information content (AvgIpc) is 2.54. The second-order valence-electron chi connectivity index (χ2n) is 6.29. The zero-order valence-electron chi connectivity index (χ0n) is 14.3. The number of ether oxygens (including phenoxy) is 1. The van der Waals surface area contributed by atoms with E-state index in [1.165, 1.54) is 0 Å². The van der Waals surface area contributed by atoms with Gasteiger partial charge in [-0.25, -0.2) is 4.79 Å². The number of nitrogens with zero attached hydrogens (tertiary/aromatic N) is 1. The van der Waals surface area contributed by atoms with Crippen molar-refractivity contribution >= 4 is 6.03 Å². The van der Waals surface area contributed by atoms with Crippen molar-refractivity contribution in [1.29, 1.82) is 0 Å². The molecule has 0 radical (unpaired) electrons. The number of urea groups is 1. The van der Waals surface area contributed by atoms with E-state index in [1.807, 2.05) is 32.0 Å². The number of aryl methyl sites for hydroxylation is 1. The molecule has 2 amide bonds. The van der Waals surface area contributed by atoms with Crippen molar-refractivity contribution in [3.05, 3.63) is 29.3 Å². The lowest BCUT2D eigenvalue weighted by Crippen LogP contribution is -2.47. The van der Waals surface area contributed by atoms with Gasteiger partial charge in [-0.1, -0.05) is 12.1 Å². The first-order chi connectivity index (χ1) is 11.0. The summed E-state index contributed by atoms with van der Waals surface area (Å²) in [5.41, 5.74) is 2.12. The van der Waals surface area contributed by atoms with Gasteiger partial charge in [0.25, 0.3) is 0 Å². The van der Waals surface area contributed by atoms with Gasteiger partial charge in [0.05, 0.1) is 12.7 Å². The maximum Gasteiger partial charge on any atom is 0.317 e. The van der Waals surface area contributed by atoms with Crippen molar-refractivity contribution < 1.29 is 14.6 Å². The van der Waals surface area contributed by atoms with Gasteiger partial charge in [-0.3, -0.25) is 0 Å². The fraction of sp³-hybridized carbons (Fsp3) is 0.611. The zero-order valence-corrected chi connectivity index (χ0v) is 14.3. The lowest BCUT2D eigenvalue weighted by Gasteiger charge is -2.34. The Hall–Kier alpha value is -1.75. The highest BCUT2D eigenvalue weighted by Gasteiger charge is 2.26. The summed E-state index contributed by atoms with van der Waals surface area (Å²) in [4.78, 5) is 14.2. The van der Waals surface area contributed by atoms with Crippen LogP contribution in [0.5, 0.6) is 5.75 Å². The standard InChI is InChI=1S/C18H28N2O3/c1-4-23-17-10-13(2)7-8-15(17)11-19-18(22)20-9-5-6-16(12-20)14(3)21/h7-8,10,14,16,21H,4-6,9,11-12H2,1-3H3,(H,19,22). The number of hydrogen-bond donors (Lipinski definition) is 2. The second-order valence-corrected chi connectivity index (χ2v) is 6.29. The molecule has 1 aliphatic rings. The molecular formula is C18H28N2O3. The summed E-state index contributed by atoms with van der Waals surface area (Å²) < 4.78 is 5.65. The van der Waals surface area contributed by atoms with Gasteiger partial charge in [0.15, 0.2) is 0 Å². The lowest BCUT2D eigenvalue weighted by molar-refractivity contribution is 0.0738. The van der Waals surface area contributed by atoms with Crippen LogP contribution in [0.1, 0.15) is 37.8 Å². The molecule has 23 heavy (non-hydrogen) atoms. The minimum atomic E-state index is -0.368. The summed E-state index contributed by atoms with van der Waals surface area (Å²) in [7, 11) is 0. The van der Waals surface area contributed by atoms with E-state index in [0.29, 0.717) is 19.7 Å². The Balaban J connectivity index is 1.94. The molecule has 1 fully saturated rings. The number of rotatable bonds is 5. The third kappa shape index (κ3) is 4.86. The number of aliphatic hydroxyl groups excluding tert-OH is 1. The van der Waals surface area contributed by atoms with Gasteiger partial charge in [0.1, 0.15) is 5.75 Å². The molecule has 2 unspecified atom stereocenters. The maximum atomic E-state index is 12.4. The molecule has 0 aliphatic carbocycles. The molecule has 2 rings (SSSR count). The molecule has 1 aromatic carbocycles. The van der Waals surface area contributed by atoms with E-state index < -0.39 is 0 Å². The van der Waals surface area contributed by atoms with Gasteiger partial charge in [-0.15, -0.1) is 0 Å². The summed E-state index contributed by atoms with van der Waals surface area (Å²) >= 11 is 0. The molecule has 5 heteroatoms. The SMILES string of the molecule is CCOc1cc(C)ccc1CNC(=O)N1CCCC(C(C)O)C1. The van der Waals surface area contributed by atoms with E-state index in [9.17, 15) is 9.90 Å². The van der Waals surface area contributed by atoms with Crippen molar-refractivity contribution in [2.75, 3.05) is 19.7 Å². The molecule has 1 saturated heterocycles. The molecule has 0 aromatic heterocycles. The Kier molecular flexibility index (Phi) is 6.28. The largest absolute Gasteiger partial charge is 0.494 e. The van der Waals surface area contributed by atoms with E-state index in [4.69, 9.17) is 4.74 Å². The number of nitrogens with one attached hydrogen (secondary N) is 1. The molecule has 0 bridgehead atoms. The van der Waals surface area contributed by atoms with Crippen LogP contribution in [0.25, 0.3) is 0 Å². The van der Waals surface area contributed by atoms with E-state index in [1.54, 1.807) is 11.8 Å². The number of likely N-dealkylation sites (tertiary alicyclic amines) is 1.